The summed E-state index contributed by atoms with van der Waals surface area (Å²) < 4.78 is 60.7. The van der Waals surface area contributed by atoms with Gasteiger partial charge in [0.15, 0.2) is 0 Å². The minimum atomic E-state index is -6.04. The molecule has 0 spiro atoms. The number of carbonyl (C=O) groups is 2. The highest BCUT2D eigenvalue weighted by atomic mass is 32.1. The number of alkyl halides is 5. The van der Waals surface area contributed by atoms with Gasteiger partial charge in [0.05, 0.1) is 5.56 Å². The van der Waals surface area contributed by atoms with Crippen LogP contribution in [0, 0.1) is 0 Å². The smallest absolute Gasteiger partial charge is 0.463 e. The van der Waals surface area contributed by atoms with E-state index in [4.69, 9.17) is 5.11 Å². The summed E-state index contributed by atoms with van der Waals surface area (Å²) in [6.45, 7) is 0. The second kappa shape index (κ2) is 4.52. The molecular formula is C8H4F5NO3S. The molecule has 0 fully saturated rings. The second-order valence-electron chi connectivity index (χ2n) is 2.99. The highest BCUT2D eigenvalue weighted by molar-refractivity contribution is 7.14. The molecule has 2 N–H and O–H groups in total. The fourth-order valence-corrected chi connectivity index (χ4v) is 1.66. The van der Waals surface area contributed by atoms with Crippen molar-refractivity contribution in [1.82, 2.24) is 0 Å². The molecule has 1 heterocycles. The highest BCUT2D eigenvalue weighted by Gasteiger charge is 2.63. The molecule has 4 nitrogen and oxygen atoms in total. The summed E-state index contributed by atoms with van der Waals surface area (Å²) in [4.78, 5) is 21.3. The number of rotatable bonds is 3. The Morgan fingerprint density at radius 1 is 1.22 bits per heavy atom. The number of aromatic carboxylic acids is 1. The lowest BCUT2D eigenvalue weighted by molar-refractivity contribution is -0.267. The Morgan fingerprint density at radius 3 is 2.22 bits per heavy atom. The molecule has 0 unspecified atom stereocenters. The quantitative estimate of drug-likeness (QED) is 0.840. The van der Waals surface area contributed by atoms with Gasteiger partial charge in [-0.05, 0) is 11.4 Å². The van der Waals surface area contributed by atoms with E-state index in [0.29, 0.717) is 11.3 Å². The molecule has 0 aliphatic rings. The maximum Gasteiger partial charge on any atom is 0.463 e. The van der Waals surface area contributed by atoms with Crippen LogP contribution in [-0.2, 0) is 4.79 Å². The minimum absolute atomic E-state index is 0.519. The Hall–Kier alpha value is -1.71. The first kappa shape index (κ1) is 14.4. The van der Waals surface area contributed by atoms with Crippen molar-refractivity contribution in [2.24, 2.45) is 0 Å². The lowest BCUT2D eigenvalue weighted by Gasteiger charge is -2.18. The van der Waals surface area contributed by atoms with Crippen LogP contribution in [0.4, 0.5) is 27.0 Å². The first-order valence-corrected chi connectivity index (χ1v) is 5.02. The van der Waals surface area contributed by atoms with Crippen molar-refractivity contribution in [2.45, 2.75) is 12.1 Å². The van der Waals surface area contributed by atoms with Crippen molar-refractivity contribution in [3.63, 3.8) is 0 Å². The van der Waals surface area contributed by atoms with Crippen LogP contribution < -0.4 is 5.32 Å². The predicted molar refractivity (Wildman–Crippen MR) is 50.9 cm³/mol. The molecule has 1 aromatic heterocycles. The SMILES string of the molecule is O=C(O)c1ccsc1NC(=O)C(F)(F)C(F)(F)F. The molecule has 1 amide bonds. The fourth-order valence-electron chi connectivity index (χ4n) is 0.885. The van der Waals surface area contributed by atoms with Gasteiger partial charge < -0.3 is 10.4 Å². The second-order valence-corrected chi connectivity index (χ2v) is 3.91. The third-order valence-electron chi connectivity index (χ3n) is 1.76. The van der Waals surface area contributed by atoms with Crippen molar-refractivity contribution in [3.05, 3.63) is 17.0 Å². The van der Waals surface area contributed by atoms with E-state index in [-0.39, 0.29) is 0 Å². The van der Waals surface area contributed by atoms with Crippen LogP contribution in [0.5, 0.6) is 0 Å². The average molecular weight is 289 g/mol. The average Bonchev–Trinajstić information content (AvgIpc) is 2.63. The van der Waals surface area contributed by atoms with E-state index >= 15 is 0 Å². The van der Waals surface area contributed by atoms with Crippen molar-refractivity contribution in [2.75, 3.05) is 5.32 Å². The predicted octanol–water partition coefficient (Wildman–Crippen LogP) is 2.58. The Labute approximate surface area is 100 Å². The van der Waals surface area contributed by atoms with Crippen LogP contribution in [0.2, 0.25) is 0 Å². The topological polar surface area (TPSA) is 66.4 Å². The number of halogens is 5. The van der Waals surface area contributed by atoms with Gasteiger partial charge in [-0.25, -0.2) is 4.79 Å². The number of carboxylic acid groups (broad SMARTS) is 1. The van der Waals surface area contributed by atoms with Crippen molar-refractivity contribution < 1.29 is 36.6 Å². The Morgan fingerprint density at radius 2 is 1.78 bits per heavy atom. The first-order chi connectivity index (χ1) is 8.07. The van der Waals surface area contributed by atoms with Crippen LogP contribution in [0.15, 0.2) is 11.4 Å². The van der Waals surface area contributed by atoms with Crippen LogP contribution in [0.3, 0.4) is 0 Å². The number of anilines is 1. The van der Waals surface area contributed by atoms with Gasteiger partial charge in [0.25, 0.3) is 0 Å². The molecule has 0 aliphatic carbocycles. The molecule has 0 radical (unpaired) electrons. The summed E-state index contributed by atoms with van der Waals surface area (Å²) in [7, 11) is 0. The third kappa shape index (κ3) is 2.58. The van der Waals surface area contributed by atoms with E-state index < -0.39 is 34.5 Å². The number of carbonyl (C=O) groups excluding carboxylic acids is 1. The number of nitrogens with one attached hydrogen (secondary N) is 1. The van der Waals surface area contributed by atoms with E-state index in [1.165, 1.54) is 5.32 Å². The first-order valence-electron chi connectivity index (χ1n) is 4.14. The third-order valence-corrected chi connectivity index (χ3v) is 2.59. The Kier molecular flexibility index (Phi) is 3.60. The minimum Gasteiger partial charge on any atom is -0.478 e. The molecule has 0 aromatic carbocycles. The van der Waals surface area contributed by atoms with Gasteiger partial charge in [-0.3, -0.25) is 4.79 Å². The van der Waals surface area contributed by atoms with E-state index in [1.54, 1.807) is 0 Å². The molecule has 10 heteroatoms. The summed E-state index contributed by atoms with van der Waals surface area (Å²) in [6, 6.07) is 0.967. The van der Waals surface area contributed by atoms with E-state index in [0.717, 1.165) is 11.4 Å². The lowest BCUT2D eigenvalue weighted by atomic mass is 10.3. The molecule has 100 valence electrons. The molecule has 0 saturated heterocycles. The molecule has 0 aliphatic heterocycles. The van der Waals surface area contributed by atoms with Gasteiger partial charge in [0.1, 0.15) is 5.00 Å². The number of thiophene rings is 1. The van der Waals surface area contributed by atoms with Gasteiger partial charge >= 0.3 is 24.0 Å². The summed E-state index contributed by atoms with van der Waals surface area (Å²) in [5.74, 6) is -9.77. The van der Waals surface area contributed by atoms with Gasteiger partial charge in [-0.2, -0.15) is 22.0 Å². The van der Waals surface area contributed by atoms with Crippen LogP contribution in [0.1, 0.15) is 10.4 Å². The lowest BCUT2D eigenvalue weighted by Crippen LogP contribution is -2.47. The monoisotopic (exact) mass is 289 g/mol. The van der Waals surface area contributed by atoms with Gasteiger partial charge in [-0.1, -0.05) is 0 Å². The number of hydrogen-bond acceptors (Lipinski definition) is 3. The zero-order valence-electron chi connectivity index (χ0n) is 8.22. The Bertz CT molecular complexity index is 481. The zero-order valence-corrected chi connectivity index (χ0v) is 9.03. The normalized spacial score (nSPS) is 12.3. The molecule has 1 rings (SSSR count). The van der Waals surface area contributed by atoms with Gasteiger partial charge in [0, 0.05) is 0 Å². The summed E-state index contributed by atoms with van der Waals surface area (Å²) in [5.41, 5.74) is -0.564. The van der Waals surface area contributed by atoms with E-state index in [2.05, 4.69) is 0 Å². The fraction of sp³-hybridized carbons (Fsp3) is 0.250. The van der Waals surface area contributed by atoms with Crippen LogP contribution in [-0.4, -0.2) is 29.1 Å². The molecule has 1 aromatic rings. The maximum atomic E-state index is 12.6. The number of amides is 1. The standard InChI is InChI=1S/C8H4F5NO3S/c9-7(10,8(11,12)13)6(17)14-4-3(5(15)16)1-2-18-4/h1-2H,(H,14,17)(H,15,16). The van der Waals surface area contributed by atoms with Gasteiger partial charge in [-0.15, -0.1) is 11.3 Å². The summed E-state index contributed by atoms with van der Waals surface area (Å²) in [5, 5.41) is 10.4. The number of hydrogen-bond donors (Lipinski definition) is 2. The number of carboxylic acids is 1. The highest BCUT2D eigenvalue weighted by Crippen LogP contribution is 2.37. The Balaban J connectivity index is 2.95. The molecule has 18 heavy (non-hydrogen) atoms. The molecule has 0 bridgehead atoms. The summed E-state index contributed by atoms with van der Waals surface area (Å²) >= 11 is 0.519. The largest absolute Gasteiger partial charge is 0.478 e. The van der Waals surface area contributed by atoms with Crippen molar-refractivity contribution in [3.8, 4) is 0 Å². The van der Waals surface area contributed by atoms with Crippen LogP contribution >= 0.6 is 11.3 Å². The van der Waals surface area contributed by atoms with Crippen molar-refractivity contribution in [1.29, 1.82) is 0 Å². The molecule has 0 saturated carbocycles. The molecule has 0 atom stereocenters. The van der Waals surface area contributed by atoms with E-state index in [9.17, 15) is 31.5 Å². The van der Waals surface area contributed by atoms with Crippen molar-refractivity contribution >= 4 is 28.2 Å². The van der Waals surface area contributed by atoms with Gasteiger partial charge in [0.2, 0.25) is 0 Å². The van der Waals surface area contributed by atoms with Crippen LogP contribution in [0.25, 0.3) is 0 Å². The zero-order chi connectivity index (χ0) is 14.1. The van der Waals surface area contributed by atoms with E-state index in [1.807, 2.05) is 0 Å². The maximum absolute atomic E-state index is 12.6. The molecular weight excluding hydrogens is 285 g/mol. The summed E-state index contributed by atoms with van der Waals surface area (Å²) in [6.07, 6.45) is -6.04.